The number of hydrazone groups is 1. The van der Waals surface area contributed by atoms with Crippen LogP contribution in [0.1, 0.15) is 27.8 Å². The Kier molecular flexibility index (Phi) is 7.66. The molecule has 1 N–H and O–H groups in total. The van der Waals surface area contributed by atoms with Crippen LogP contribution in [-0.2, 0) is 17.8 Å². The van der Waals surface area contributed by atoms with Crippen molar-refractivity contribution in [3.8, 4) is 5.75 Å². The van der Waals surface area contributed by atoms with E-state index in [-0.39, 0.29) is 5.91 Å². The molecule has 0 saturated heterocycles. The maximum Gasteiger partial charge on any atom is 0.244 e. The van der Waals surface area contributed by atoms with Crippen LogP contribution in [0.4, 0.5) is 0 Å². The summed E-state index contributed by atoms with van der Waals surface area (Å²) in [7, 11) is 0. The molecule has 3 rings (SSSR count). The van der Waals surface area contributed by atoms with Gasteiger partial charge in [-0.1, -0.05) is 53.6 Å². The first-order valence-corrected chi connectivity index (χ1v) is 10.6. The van der Waals surface area contributed by atoms with Crippen molar-refractivity contribution < 1.29 is 9.53 Å². The number of hydrogen-bond donors (Lipinski definition) is 1. The molecule has 0 spiro atoms. The first-order chi connectivity index (χ1) is 14.4. The lowest BCUT2D eigenvalue weighted by Crippen LogP contribution is -2.20. The second kappa shape index (κ2) is 10.4. The Morgan fingerprint density at radius 2 is 1.90 bits per heavy atom. The van der Waals surface area contributed by atoms with Crippen LogP contribution in [0.15, 0.2) is 70.2 Å². The van der Waals surface area contributed by atoms with Gasteiger partial charge >= 0.3 is 0 Å². The first-order valence-electron chi connectivity index (χ1n) is 9.46. The minimum absolute atomic E-state index is 0.156. The van der Waals surface area contributed by atoms with Crippen molar-refractivity contribution in [1.29, 1.82) is 0 Å². The lowest BCUT2D eigenvalue weighted by Gasteiger charge is -2.10. The number of nitrogens with zero attached hydrogens (tertiary/aromatic N) is 1. The summed E-state index contributed by atoms with van der Waals surface area (Å²) in [6.45, 7) is 4.42. The number of amides is 1. The highest BCUT2D eigenvalue weighted by atomic mass is 79.9. The van der Waals surface area contributed by atoms with Gasteiger partial charge in [-0.15, -0.1) is 0 Å². The molecular weight excluding hydrogens is 464 g/mol. The molecule has 0 aliphatic rings. The Balaban J connectivity index is 1.55. The molecule has 0 saturated carbocycles. The fraction of sp³-hybridized carbons (Fsp3) is 0.167. The normalized spacial score (nSPS) is 10.9. The predicted molar refractivity (Wildman–Crippen MR) is 125 cm³/mol. The van der Waals surface area contributed by atoms with Gasteiger partial charge < -0.3 is 4.74 Å². The van der Waals surface area contributed by atoms with Crippen molar-refractivity contribution in [1.82, 2.24) is 5.43 Å². The molecule has 0 aromatic heterocycles. The summed E-state index contributed by atoms with van der Waals surface area (Å²) in [6.07, 6.45) is 1.89. The quantitative estimate of drug-likeness (QED) is 0.330. The summed E-state index contributed by atoms with van der Waals surface area (Å²) in [4.78, 5) is 12.1. The van der Waals surface area contributed by atoms with Gasteiger partial charge in [-0.25, -0.2) is 5.43 Å². The molecule has 30 heavy (non-hydrogen) atoms. The van der Waals surface area contributed by atoms with Gasteiger partial charge in [0.2, 0.25) is 5.91 Å². The van der Waals surface area contributed by atoms with Crippen molar-refractivity contribution in [2.75, 3.05) is 0 Å². The van der Waals surface area contributed by atoms with Crippen LogP contribution >= 0.6 is 27.5 Å². The number of halogens is 2. The van der Waals surface area contributed by atoms with E-state index in [0.717, 1.165) is 26.7 Å². The van der Waals surface area contributed by atoms with Gasteiger partial charge in [0.25, 0.3) is 0 Å². The zero-order valence-electron chi connectivity index (χ0n) is 16.8. The molecule has 0 atom stereocenters. The van der Waals surface area contributed by atoms with Gasteiger partial charge in [0, 0.05) is 10.6 Å². The van der Waals surface area contributed by atoms with E-state index in [9.17, 15) is 4.79 Å². The SMILES string of the molecule is Cc1ccc(CC(=O)N/N=C/c2ccc(OCc3ccccc3Cl)c(Br)c2)c(C)c1. The van der Waals surface area contributed by atoms with Gasteiger partial charge in [-0.2, -0.15) is 5.10 Å². The smallest absolute Gasteiger partial charge is 0.244 e. The van der Waals surface area contributed by atoms with Gasteiger partial charge in [0.1, 0.15) is 12.4 Å². The maximum atomic E-state index is 12.1. The average Bonchev–Trinajstić information content (AvgIpc) is 2.70. The maximum absolute atomic E-state index is 12.1. The number of ether oxygens (including phenoxy) is 1. The Morgan fingerprint density at radius 1 is 1.10 bits per heavy atom. The summed E-state index contributed by atoms with van der Waals surface area (Å²) in [5.74, 6) is 0.544. The lowest BCUT2D eigenvalue weighted by atomic mass is 10.0. The van der Waals surface area contributed by atoms with E-state index in [1.807, 2.05) is 68.4 Å². The number of rotatable bonds is 7. The third kappa shape index (κ3) is 6.18. The minimum Gasteiger partial charge on any atom is -0.488 e. The van der Waals surface area contributed by atoms with Gasteiger partial charge in [-0.05, 0) is 70.7 Å². The van der Waals surface area contributed by atoms with Gasteiger partial charge in [-0.3, -0.25) is 4.79 Å². The van der Waals surface area contributed by atoms with Crippen LogP contribution < -0.4 is 10.2 Å². The molecule has 3 aromatic rings. The molecular formula is C24H22BrClN2O2. The van der Waals surface area contributed by atoms with Crippen LogP contribution in [0.25, 0.3) is 0 Å². The fourth-order valence-corrected chi connectivity index (χ4v) is 3.62. The highest BCUT2D eigenvalue weighted by Gasteiger charge is 2.06. The monoisotopic (exact) mass is 484 g/mol. The zero-order valence-corrected chi connectivity index (χ0v) is 19.1. The molecule has 6 heteroatoms. The molecule has 0 heterocycles. The van der Waals surface area contributed by atoms with E-state index in [1.165, 1.54) is 5.56 Å². The molecule has 4 nitrogen and oxygen atoms in total. The fourth-order valence-electron chi connectivity index (χ4n) is 2.92. The number of carbonyl (C=O) groups is 1. The summed E-state index contributed by atoms with van der Waals surface area (Å²) >= 11 is 9.67. The second-order valence-corrected chi connectivity index (χ2v) is 8.23. The van der Waals surface area contributed by atoms with Gasteiger partial charge in [0.05, 0.1) is 17.1 Å². The summed E-state index contributed by atoms with van der Waals surface area (Å²) in [6, 6.07) is 19.2. The lowest BCUT2D eigenvalue weighted by molar-refractivity contribution is -0.120. The van der Waals surface area contributed by atoms with Crippen LogP contribution in [0, 0.1) is 13.8 Å². The number of hydrogen-bond acceptors (Lipinski definition) is 3. The Morgan fingerprint density at radius 3 is 2.63 bits per heavy atom. The largest absolute Gasteiger partial charge is 0.488 e. The molecule has 3 aromatic carbocycles. The highest BCUT2D eigenvalue weighted by Crippen LogP contribution is 2.27. The Labute approximate surface area is 190 Å². The van der Waals surface area contributed by atoms with Crippen molar-refractivity contribution in [3.63, 3.8) is 0 Å². The molecule has 0 aliphatic heterocycles. The van der Waals surface area contributed by atoms with E-state index in [4.69, 9.17) is 16.3 Å². The van der Waals surface area contributed by atoms with E-state index < -0.39 is 0 Å². The first kappa shape index (κ1) is 22.1. The van der Waals surface area contributed by atoms with Crippen LogP contribution in [-0.4, -0.2) is 12.1 Å². The van der Waals surface area contributed by atoms with E-state index in [0.29, 0.717) is 23.8 Å². The third-order valence-corrected chi connectivity index (χ3v) is 5.54. The molecule has 1 amide bonds. The number of carbonyl (C=O) groups excluding carboxylic acids is 1. The number of benzene rings is 3. The molecule has 154 valence electrons. The molecule has 0 aliphatic carbocycles. The van der Waals surface area contributed by atoms with Crippen LogP contribution in [0.3, 0.4) is 0 Å². The number of aryl methyl sites for hydroxylation is 2. The van der Waals surface area contributed by atoms with Crippen LogP contribution in [0.5, 0.6) is 5.75 Å². The van der Waals surface area contributed by atoms with Crippen molar-refractivity contribution in [2.45, 2.75) is 26.9 Å². The topological polar surface area (TPSA) is 50.7 Å². The number of nitrogens with one attached hydrogen (secondary N) is 1. The highest BCUT2D eigenvalue weighted by molar-refractivity contribution is 9.10. The minimum atomic E-state index is -0.156. The molecule has 0 unspecified atom stereocenters. The van der Waals surface area contributed by atoms with Crippen molar-refractivity contribution in [2.24, 2.45) is 5.10 Å². The summed E-state index contributed by atoms with van der Waals surface area (Å²) in [5, 5.41) is 4.73. The van der Waals surface area contributed by atoms with Crippen LogP contribution in [0.2, 0.25) is 5.02 Å². The van der Waals surface area contributed by atoms with E-state index >= 15 is 0 Å². The zero-order chi connectivity index (χ0) is 21.5. The summed E-state index contributed by atoms with van der Waals surface area (Å²) in [5.41, 5.74) is 7.61. The van der Waals surface area contributed by atoms with Crippen molar-refractivity contribution >= 4 is 39.7 Å². The Hall–Kier alpha value is -2.63. The Bertz CT molecular complexity index is 1080. The second-order valence-electron chi connectivity index (χ2n) is 6.97. The molecule has 0 bridgehead atoms. The van der Waals surface area contributed by atoms with E-state index in [2.05, 4.69) is 32.5 Å². The summed E-state index contributed by atoms with van der Waals surface area (Å²) < 4.78 is 6.63. The average molecular weight is 486 g/mol. The molecule has 0 radical (unpaired) electrons. The molecule has 0 fully saturated rings. The third-order valence-electron chi connectivity index (χ3n) is 4.55. The van der Waals surface area contributed by atoms with E-state index in [1.54, 1.807) is 6.21 Å². The standard InChI is InChI=1S/C24H22BrClN2O2/c1-16-7-9-19(17(2)11-16)13-24(29)28-27-14-18-8-10-23(21(25)12-18)30-15-20-5-3-4-6-22(20)26/h3-12,14H,13,15H2,1-2H3,(H,28,29)/b27-14+. The van der Waals surface area contributed by atoms with Crippen molar-refractivity contribution in [3.05, 3.63) is 98.0 Å². The van der Waals surface area contributed by atoms with Gasteiger partial charge in [0.15, 0.2) is 0 Å². The predicted octanol–water partition coefficient (Wildman–Crippen LogP) is 5.99.